The van der Waals surface area contributed by atoms with Gasteiger partial charge in [-0.3, -0.25) is 0 Å². The molecule has 0 saturated carbocycles. The third-order valence-electron chi connectivity index (χ3n) is 5.07. The highest BCUT2D eigenvalue weighted by molar-refractivity contribution is 6.89. The second kappa shape index (κ2) is 9.48. The maximum atomic E-state index is 6.72. The lowest BCUT2D eigenvalue weighted by atomic mass is 10.5. The van der Waals surface area contributed by atoms with E-state index in [1.54, 1.807) is 0 Å². The summed E-state index contributed by atoms with van der Waals surface area (Å²) in [7, 11) is -6.12. The highest BCUT2D eigenvalue weighted by Gasteiger charge is 2.61. The molecule has 2 aliphatic heterocycles. The van der Waals surface area contributed by atoms with Crippen molar-refractivity contribution in [3.8, 4) is 0 Å². The van der Waals surface area contributed by atoms with Crippen LogP contribution in [0, 0.1) is 0 Å². The minimum absolute atomic E-state index is 0.194. The first-order chi connectivity index (χ1) is 12.5. The van der Waals surface area contributed by atoms with Gasteiger partial charge in [-0.05, 0) is 58.2 Å². The summed E-state index contributed by atoms with van der Waals surface area (Å²) in [5, 5.41) is -0.194. The predicted octanol–water partition coefficient (Wildman–Crippen LogP) is 3.67. The molecule has 160 valence electrons. The van der Waals surface area contributed by atoms with Crippen molar-refractivity contribution >= 4 is 25.2 Å². The quantitative estimate of drug-likeness (QED) is 0.222. The van der Waals surface area contributed by atoms with Crippen LogP contribution in [0.15, 0.2) is 0 Å². The molecule has 27 heavy (non-hydrogen) atoms. The molecule has 0 aromatic carbocycles. The third kappa shape index (κ3) is 7.98. The summed E-state index contributed by atoms with van der Waals surface area (Å²) in [6, 6.07) is 1.08. The molecule has 0 aromatic rings. The topological polar surface area (TPSA) is 62.0 Å². The molecule has 0 N–H and O–H groups in total. The van der Waals surface area contributed by atoms with E-state index in [1.165, 1.54) is 0 Å². The number of rotatable bonds is 15. The summed E-state index contributed by atoms with van der Waals surface area (Å²) in [6.07, 6.45) is 2.41. The van der Waals surface area contributed by atoms with Crippen LogP contribution in [0.2, 0.25) is 45.3 Å². The Kier molecular flexibility index (Phi) is 8.32. The van der Waals surface area contributed by atoms with E-state index < -0.39 is 25.2 Å². The van der Waals surface area contributed by atoms with Gasteiger partial charge in [-0.15, -0.1) is 0 Å². The third-order valence-corrected chi connectivity index (χ3v) is 17.4. The molecule has 2 rings (SSSR count). The Morgan fingerprint density at radius 1 is 1.00 bits per heavy atom. The van der Waals surface area contributed by atoms with Crippen molar-refractivity contribution in [2.24, 2.45) is 0 Å². The van der Waals surface area contributed by atoms with Crippen molar-refractivity contribution in [2.45, 2.75) is 76.4 Å². The maximum absolute atomic E-state index is 6.72. The summed E-state index contributed by atoms with van der Waals surface area (Å²) in [6.45, 7) is 20.1. The van der Waals surface area contributed by atoms with E-state index in [-0.39, 0.29) is 5.22 Å². The largest absolute Gasteiger partial charge is 0.437 e. The molecular formula is C18H40O6Si3. The number of hydrogen-bond acceptors (Lipinski definition) is 6. The van der Waals surface area contributed by atoms with Crippen LogP contribution < -0.4 is 0 Å². The average molecular weight is 437 g/mol. The van der Waals surface area contributed by atoms with E-state index in [4.69, 9.17) is 27.2 Å². The lowest BCUT2D eigenvalue weighted by Gasteiger charge is -2.40. The van der Waals surface area contributed by atoms with Crippen LogP contribution in [0.25, 0.3) is 0 Å². The summed E-state index contributed by atoms with van der Waals surface area (Å²) < 4.78 is 35.9. The lowest BCUT2D eigenvalue weighted by Crippen LogP contribution is -2.59. The smallest absolute Gasteiger partial charge is 0.311 e. The molecule has 0 aliphatic carbocycles. The fraction of sp³-hybridized carbons (Fsp3) is 1.00. The Hall–Kier alpha value is 0.411. The summed E-state index contributed by atoms with van der Waals surface area (Å²) in [5.41, 5.74) is 0. The SMILES string of the molecule is CCCOCC1([Si](C)(C)O[Si](C)(C)O[Si](C)(C)CCCOCC2CO2)CO1. The molecule has 2 heterocycles. The van der Waals surface area contributed by atoms with Gasteiger partial charge in [0.15, 0.2) is 8.32 Å². The van der Waals surface area contributed by atoms with Crippen molar-refractivity contribution in [2.75, 3.05) is 39.6 Å². The standard InChI is InChI=1S/C18H40O6Si3/c1-8-10-20-15-18(16-22-18)26(4,5)24-27(6,7)23-25(2,3)12-9-11-19-13-17-14-21-17/h17H,8-16H2,1-7H3. The fourth-order valence-electron chi connectivity index (χ4n) is 3.50. The van der Waals surface area contributed by atoms with Crippen molar-refractivity contribution in [3.63, 3.8) is 0 Å². The molecule has 0 spiro atoms. The molecule has 0 aromatic heterocycles. The van der Waals surface area contributed by atoms with Gasteiger partial charge in [-0.1, -0.05) is 6.92 Å². The van der Waals surface area contributed by atoms with E-state index in [9.17, 15) is 0 Å². The van der Waals surface area contributed by atoms with Crippen LogP contribution in [0.5, 0.6) is 0 Å². The zero-order chi connectivity index (χ0) is 20.2. The minimum atomic E-state index is -2.24. The van der Waals surface area contributed by atoms with Crippen molar-refractivity contribution in [1.82, 2.24) is 0 Å². The molecule has 6 nitrogen and oxygen atoms in total. The Labute approximate surface area is 168 Å². The van der Waals surface area contributed by atoms with Crippen molar-refractivity contribution < 1.29 is 27.2 Å². The number of ether oxygens (including phenoxy) is 4. The van der Waals surface area contributed by atoms with Crippen LogP contribution in [-0.4, -0.2) is 76.2 Å². The molecule has 2 fully saturated rings. The van der Waals surface area contributed by atoms with Crippen molar-refractivity contribution in [1.29, 1.82) is 0 Å². The molecule has 2 atom stereocenters. The number of epoxide rings is 2. The van der Waals surface area contributed by atoms with E-state index in [0.717, 1.165) is 51.9 Å². The Bertz CT molecular complexity index is 464. The second-order valence-electron chi connectivity index (χ2n) is 9.34. The molecule has 0 radical (unpaired) electrons. The van der Waals surface area contributed by atoms with Gasteiger partial charge in [0.2, 0.25) is 8.32 Å². The molecule has 0 amide bonds. The van der Waals surface area contributed by atoms with Gasteiger partial charge in [0.1, 0.15) is 11.3 Å². The Morgan fingerprint density at radius 2 is 1.67 bits per heavy atom. The van der Waals surface area contributed by atoms with Gasteiger partial charge in [-0.25, -0.2) is 0 Å². The van der Waals surface area contributed by atoms with Crippen LogP contribution in [0.1, 0.15) is 19.8 Å². The van der Waals surface area contributed by atoms with Gasteiger partial charge in [0.05, 0.1) is 26.4 Å². The highest BCUT2D eigenvalue weighted by atomic mass is 28.5. The minimum Gasteiger partial charge on any atom is -0.437 e. The fourth-order valence-corrected chi connectivity index (χ4v) is 17.6. The summed E-state index contributed by atoms with van der Waals surface area (Å²) in [4.78, 5) is 0. The normalized spacial score (nSPS) is 25.7. The van der Waals surface area contributed by atoms with Crippen LogP contribution in [0.4, 0.5) is 0 Å². The molecular weight excluding hydrogens is 396 g/mol. The van der Waals surface area contributed by atoms with Crippen LogP contribution in [0.3, 0.4) is 0 Å². The number of hydrogen-bond donors (Lipinski definition) is 0. The van der Waals surface area contributed by atoms with Crippen LogP contribution in [-0.2, 0) is 27.2 Å². The first-order valence-electron chi connectivity index (χ1n) is 10.3. The van der Waals surface area contributed by atoms with Gasteiger partial charge in [-0.2, -0.15) is 0 Å². The zero-order valence-corrected chi connectivity index (χ0v) is 21.4. The van der Waals surface area contributed by atoms with Gasteiger partial charge >= 0.3 is 8.56 Å². The first-order valence-corrected chi connectivity index (χ1v) is 19.2. The molecule has 2 saturated heterocycles. The van der Waals surface area contributed by atoms with E-state index in [0.29, 0.717) is 12.7 Å². The molecule has 2 unspecified atom stereocenters. The second-order valence-corrected chi connectivity index (χ2v) is 21.7. The summed E-state index contributed by atoms with van der Waals surface area (Å²) >= 11 is 0. The van der Waals surface area contributed by atoms with E-state index in [2.05, 4.69) is 46.2 Å². The molecule has 0 bridgehead atoms. The molecule has 9 heteroatoms. The van der Waals surface area contributed by atoms with Gasteiger partial charge < -0.3 is 27.2 Å². The van der Waals surface area contributed by atoms with Crippen LogP contribution >= 0.6 is 0 Å². The Balaban J connectivity index is 1.77. The van der Waals surface area contributed by atoms with E-state index >= 15 is 0 Å². The zero-order valence-electron chi connectivity index (χ0n) is 18.4. The lowest BCUT2D eigenvalue weighted by molar-refractivity contribution is 0.0972. The first kappa shape index (κ1) is 23.7. The highest BCUT2D eigenvalue weighted by Crippen LogP contribution is 2.40. The Morgan fingerprint density at radius 3 is 2.22 bits per heavy atom. The summed E-state index contributed by atoms with van der Waals surface area (Å²) in [5.74, 6) is 0. The molecule has 2 aliphatic rings. The average Bonchev–Trinajstić information content (AvgIpc) is 3.40. The van der Waals surface area contributed by atoms with Gasteiger partial charge in [0, 0.05) is 13.2 Å². The van der Waals surface area contributed by atoms with E-state index in [1.807, 2.05) is 0 Å². The van der Waals surface area contributed by atoms with Crippen molar-refractivity contribution in [3.05, 3.63) is 0 Å². The predicted molar refractivity (Wildman–Crippen MR) is 114 cm³/mol. The monoisotopic (exact) mass is 436 g/mol. The van der Waals surface area contributed by atoms with Gasteiger partial charge in [0.25, 0.3) is 0 Å². The maximum Gasteiger partial charge on any atom is 0.311 e.